The van der Waals surface area contributed by atoms with Gasteiger partial charge in [-0.2, -0.15) is 0 Å². The number of hydrogen-bond donors (Lipinski definition) is 1. The molecular formula is C13H18N2O4. The van der Waals surface area contributed by atoms with Crippen LogP contribution in [0, 0.1) is 10.1 Å². The van der Waals surface area contributed by atoms with Gasteiger partial charge in [-0.25, -0.2) is 4.79 Å². The highest BCUT2D eigenvalue weighted by atomic mass is 16.6. The molecule has 0 aromatic heterocycles. The van der Waals surface area contributed by atoms with E-state index in [4.69, 9.17) is 0 Å². The molecule has 0 saturated carbocycles. The molecule has 0 radical (unpaired) electrons. The van der Waals surface area contributed by atoms with Gasteiger partial charge in [0.1, 0.15) is 0 Å². The summed E-state index contributed by atoms with van der Waals surface area (Å²) in [6, 6.07) is 4.13. The van der Waals surface area contributed by atoms with E-state index in [1.54, 1.807) is 0 Å². The van der Waals surface area contributed by atoms with Crippen LogP contribution in [0.5, 0.6) is 0 Å². The lowest BCUT2D eigenvalue weighted by Gasteiger charge is -2.33. The third kappa shape index (κ3) is 3.21. The lowest BCUT2D eigenvalue weighted by atomic mass is 10.1. The van der Waals surface area contributed by atoms with Crippen molar-refractivity contribution in [3.8, 4) is 0 Å². The molecule has 0 bridgehead atoms. The molecule has 1 aromatic carbocycles. The van der Waals surface area contributed by atoms with E-state index in [0.29, 0.717) is 5.69 Å². The van der Waals surface area contributed by atoms with Gasteiger partial charge >= 0.3 is 5.97 Å². The zero-order chi connectivity index (χ0) is 14.7. The fraction of sp³-hybridized carbons (Fsp3) is 0.462. The molecule has 0 aliphatic heterocycles. The number of carbonyl (C=O) groups is 1. The van der Waals surface area contributed by atoms with Gasteiger partial charge in [0.25, 0.3) is 5.69 Å². The van der Waals surface area contributed by atoms with Gasteiger partial charge in [-0.3, -0.25) is 10.1 Å². The zero-order valence-electron chi connectivity index (χ0n) is 11.5. The van der Waals surface area contributed by atoms with Gasteiger partial charge in [0.15, 0.2) is 0 Å². The molecule has 6 heteroatoms. The number of non-ortho nitro benzene ring substituents is 1. The number of carboxylic acids is 1. The first-order valence-electron chi connectivity index (χ1n) is 6.05. The molecule has 0 aliphatic rings. The average molecular weight is 266 g/mol. The van der Waals surface area contributed by atoms with Crippen molar-refractivity contribution in [3.05, 3.63) is 33.9 Å². The molecule has 0 fully saturated rings. The SMILES string of the molecule is CC(C)N(c1ccc([N+](=O)[O-])cc1C(=O)O)C(C)C. The van der Waals surface area contributed by atoms with E-state index in [9.17, 15) is 20.0 Å². The topological polar surface area (TPSA) is 83.7 Å². The predicted molar refractivity (Wildman–Crippen MR) is 72.8 cm³/mol. The Morgan fingerprint density at radius 1 is 1.26 bits per heavy atom. The number of hydrogen-bond acceptors (Lipinski definition) is 4. The first-order chi connectivity index (χ1) is 8.75. The highest BCUT2D eigenvalue weighted by Crippen LogP contribution is 2.28. The van der Waals surface area contributed by atoms with Gasteiger partial charge in [-0.15, -0.1) is 0 Å². The Hall–Kier alpha value is -2.11. The van der Waals surface area contributed by atoms with Crippen molar-refractivity contribution in [2.75, 3.05) is 4.90 Å². The fourth-order valence-corrected chi connectivity index (χ4v) is 2.19. The van der Waals surface area contributed by atoms with Crippen LogP contribution in [0.25, 0.3) is 0 Å². The fourth-order valence-electron chi connectivity index (χ4n) is 2.19. The third-order valence-electron chi connectivity index (χ3n) is 2.81. The van der Waals surface area contributed by atoms with Crippen molar-refractivity contribution in [3.63, 3.8) is 0 Å². The molecule has 6 nitrogen and oxygen atoms in total. The van der Waals surface area contributed by atoms with Crippen molar-refractivity contribution in [1.82, 2.24) is 0 Å². The Labute approximate surface area is 111 Å². The van der Waals surface area contributed by atoms with Crippen molar-refractivity contribution in [2.45, 2.75) is 39.8 Å². The largest absolute Gasteiger partial charge is 0.478 e. The maximum absolute atomic E-state index is 11.3. The van der Waals surface area contributed by atoms with Gasteiger partial charge in [-0.05, 0) is 33.8 Å². The second-order valence-electron chi connectivity index (χ2n) is 4.86. The highest BCUT2D eigenvalue weighted by Gasteiger charge is 2.23. The van der Waals surface area contributed by atoms with Crippen LogP contribution in [0.2, 0.25) is 0 Å². The Morgan fingerprint density at radius 3 is 2.16 bits per heavy atom. The van der Waals surface area contributed by atoms with Crippen LogP contribution < -0.4 is 4.90 Å². The predicted octanol–water partition coefficient (Wildman–Crippen LogP) is 2.92. The summed E-state index contributed by atoms with van der Waals surface area (Å²) in [5.41, 5.74) is 0.244. The summed E-state index contributed by atoms with van der Waals surface area (Å²) < 4.78 is 0. The zero-order valence-corrected chi connectivity index (χ0v) is 11.5. The summed E-state index contributed by atoms with van der Waals surface area (Å²) in [5, 5.41) is 20.0. The Kier molecular flexibility index (Phi) is 4.47. The van der Waals surface area contributed by atoms with E-state index in [1.807, 2.05) is 32.6 Å². The second-order valence-corrected chi connectivity index (χ2v) is 4.86. The molecule has 0 amide bonds. The minimum atomic E-state index is -1.16. The molecule has 104 valence electrons. The second kappa shape index (κ2) is 5.69. The smallest absolute Gasteiger partial charge is 0.338 e. The van der Waals surface area contributed by atoms with Crippen LogP contribution in [0.15, 0.2) is 18.2 Å². The summed E-state index contributed by atoms with van der Waals surface area (Å²) in [4.78, 5) is 23.4. The summed E-state index contributed by atoms with van der Waals surface area (Å²) >= 11 is 0. The van der Waals surface area contributed by atoms with E-state index < -0.39 is 10.9 Å². The van der Waals surface area contributed by atoms with Crippen LogP contribution in [0.3, 0.4) is 0 Å². The van der Waals surface area contributed by atoms with Crippen LogP contribution >= 0.6 is 0 Å². The van der Waals surface area contributed by atoms with Gasteiger partial charge in [0.05, 0.1) is 16.2 Å². The Bertz CT molecular complexity index is 489. The van der Waals surface area contributed by atoms with Crippen molar-refractivity contribution >= 4 is 17.3 Å². The number of nitro benzene ring substituents is 1. The van der Waals surface area contributed by atoms with Crippen molar-refractivity contribution in [1.29, 1.82) is 0 Å². The van der Waals surface area contributed by atoms with E-state index in [0.717, 1.165) is 6.07 Å². The van der Waals surface area contributed by atoms with Crippen LogP contribution in [0.1, 0.15) is 38.1 Å². The van der Waals surface area contributed by atoms with Crippen LogP contribution in [-0.4, -0.2) is 28.1 Å². The van der Waals surface area contributed by atoms with Crippen molar-refractivity contribution < 1.29 is 14.8 Å². The molecule has 0 unspecified atom stereocenters. The summed E-state index contributed by atoms with van der Waals surface area (Å²) in [5.74, 6) is -1.16. The molecule has 1 N–H and O–H groups in total. The van der Waals surface area contributed by atoms with E-state index >= 15 is 0 Å². The van der Waals surface area contributed by atoms with E-state index in [-0.39, 0.29) is 23.3 Å². The number of rotatable bonds is 5. The molecule has 19 heavy (non-hydrogen) atoms. The Morgan fingerprint density at radius 2 is 1.79 bits per heavy atom. The minimum Gasteiger partial charge on any atom is -0.478 e. The van der Waals surface area contributed by atoms with Gasteiger partial charge < -0.3 is 10.0 Å². The maximum Gasteiger partial charge on any atom is 0.338 e. The van der Waals surface area contributed by atoms with Gasteiger partial charge in [-0.1, -0.05) is 0 Å². The maximum atomic E-state index is 11.3. The van der Waals surface area contributed by atoms with Gasteiger partial charge in [0, 0.05) is 24.2 Å². The van der Waals surface area contributed by atoms with E-state index in [1.165, 1.54) is 12.1 Å². The molecule has 1 rings (SSSR count). The molecule has 0 atom stereocenters. The minimum absolute atomic E-state index is 0.0448. The average Bonchev–Trinajstić information content (AvgIpc) is 2.27. The summed E-state index contributed by atoms with van der Waals surface area (Å²) in [7, 11) is 0. The number of nitro groups is 1. The molecule has 0 saturated heterocycles. The first-order valence-corrected chi connectivity index (χ1v) is 6.05. The number of benzene rings is 1. The number of carboxylic acid groups (broad SMARTS) is 1. The molecule has 0 aliphatic carbocycles. The normalized spacial score (nSPS) is 10.8. The highest BCUT2D eigenvalue weighted by molar-refractivity contribution is 5.95. The monoisotopic (exact) mass is 266 g/mol. The molecule has 0 heterocycles. The van der Waals surface area contributed by atoms with Gasteiger partial charge in [0.2, 0.25) is 0 Å². The lowest BCUT2D eigenvalue weighted by Crippen LogP contribution is -2.38. The summed E-state index contributed by atoms with van der Waals surface area (Å²) in [6.45, 7) is 7.81. The van der Waals surface area contributed by atoms with Crippen LogP contribution in [-0.2, 0) is 0 Å². The van der Waals surface area contributed by atoms with E-state index in [2.05, 4.69) is 0 Å². The van der Waals surface area contributed by atoms with Crippen molar-refractivity contribution in [2.24, 2.45) is 0 Å². The molecular weight excluding hydrogens is 248 g/mol. The summed E-state index contributed by atoms with van der Waals surface area (Å²) in [6.07, 6.45) is 0. The first kappa shape index (κ1) is 14.9. The standard InChI is InChI=1S/C13H18N2O4/c1-8(2)14(9(3)4)12-6-5-10(15(18)19)7-11(12)13(16)17/h5-9H,1-4H3,(H,16,17). The molecule has 0 spiro atoms. The third-order valence-corrected chi connectivity index (χ3v) is 2.81. The number of nitrogens with zero attached hydrogens (tertiary/aromatic N) is 2. The number of aromatic carboxylic acids is 1. The Balaban J connectivity index is 3.41. The molecule has 1 aromatic rings. The van der Waals surface area contributed by atoms with Crippen LogP contribution in [0.4, 0.5) is 11.4 Å². The lowest BCUT2D eigenvalue weighted by molar-refractivity contribution is -0.384. The quantitative estimate of drug-likeness (QED) is 0.654. The number of anilines is 1.